The molecule has 0 saturated carbocycles. The molecule has 0 aliphatic rings. The Hall–Kier alpha value is -0.870. The van der Waals surface area contributed by atoms with Crippen molar-refractivity contribution < 1.29 is 4.79 Å². The highest BCUT2D eigenvalue weighted by molar-refractivity contribution is 9.10. The summed E-state index contributed by atoms with van der Waals surface area (Å²) in [6.07, 6.45) is 0.966. The van der Waals surface area contributed by atoms with Crippen molar-refractivity contribution in [2.24, 2.45) is 0 Å². The van der Waals surface area contributed by atoms with Crippen LogP contribution in [0.4, 0.5) is 0 Å². The Labute approximate surface area is 111 Å². The van der Waals surface area contributed by atoms with Gasteiger partial charge >= 0.3 is 0 Å². The van der Waals surface area contributed by atoms with Gasteiger partial charge in [0.05, 0.1) is 6.54 Å². The Morgan fingerprint density at radius 1 is 1.35 bits per heavy atom. The summed E-state index contributed by atoms with van der Waals surface area (Å²) in [7, 11) is 0. The first kappa shape index (κ1) is 14.2. The molecule has 0 aliphatic carbocycles. The number of carbonyl (C=O) groups is 1. The summed E-state index contributed by atoms with van der Waals surface area (Å²) >= 11 is 3.40. The molecular weight excluding hydrogens is 280 g/mol. The fourth-order valence-electron chi connectivity index (χ4n) is 1.44. The van der Waals surface area contributed by atoms with Crippen molar-refractivity contribution in [2.75, 3.05) is 13.1 Å². The van der Waals surface area contributed by atoms with Gasteiger partial charge in [-0.2, -0.15) is 0 Å². The van der Waals surface area contributed by atoms with Crippen LogP contribution in [0.2, 0.25) is 0 Å². The number of hydrogen-bond donors (Lipinski definition) is 2. The van der Waals surface area contributed by atoms with E-state index in [2.05, 4.69) is 33.5 Å². The van der Waals surface area contributed by atoms with Crippen LogP contribution in [-0.2, 0) is 4.79 Å². The topological polar surface area (TPSA) is 41.1 Å². The standard InChI is InChI=1S/C13H19BrN2O/c1-3-8-15-13(17)9-16-10(2)11-4-6-12(14)7-5-11/h4-7,10,16H,3,8-9H2,1-2H3,(H,15,17)/t10-/m0/s1. The molecule has 0 fully saturated rings. The summed E-state index contributed by atoms with van der Waals surface area (Å²) in [4.78, 5) is 11.4. The largest absolute Gasteiger partial charge is 0.355 e. The third-order valence-corrected chi connectivity index (χ3v) is 3.04. The zero-order valence-corrected chi connectivity index (χ0v) is 11.9. The minimum atomic E-state index is 0.0517. The molecule has 0 aliphatic heterocycles. The van der Waals surface area contributed by atoms with Gasteiger partial charge in [0.25, 0.3) is 0 Å². The van der Waals surface area contributed by atoms with Gasteiger partial charge in [0, 0.05) is 17.1 Å². The van der Waals surface area contributed by atoms with Gasteiger partial charge in [-0.3, -0.25) is 4.79 Å². The second kappa shape index (κ2) is 7.45. The summed E-state index contributed by atoms with van der Waals surface area (Å²) in [6, 6.07) is 8.28. The Balaban J connectivity index is 2.36. The van der Waals surface area contributed by atoms with Gasteiger partial charge in [-0.15, -0.1) is 0 Å². The van der Waals surface area contributed by atoms with Crippen molar-refractivity contribution >= 4 is 21.8 Å². The second-order valence-corrected chi connectivity index (χ2v) is 4.92. The minimum absolute atomic E-state index is 0.0517. The van der Waals surface area contributed by atoms with Gasteiger partial charge in [0.2, 0.25) is 5.91 Å². The summed E-state index contributed by atoms with van der Waals surface area (Å²) in [5.41, 5.74) is 1.18. The Bertz CT molecular complexity index is 351. The van der Waals surface area contributed by atoms with E-state index in [1.165, 1.54) is 5.56 Å². The smallest absolute Gasteiger partial charge is 0.233 e. The number of rotatable bonds is 6. The molecule has 1 amide bonds. The average Bonchev–Trinajstić information content (AvgIpc) is 2.34. The number of hydrogen-bond acceptors (Lipinski definition) is 2. The molecule has 94 valence electrons. The van der Waals surface area contributed by atoms with Crippen LogP contribution in [0.25, 0.3) is 0 Å². The molecule has 17 heavy (non-hydrogen) atoms. The SMILES string of the molecule is CCCNC(=O)CN[C@@H](C)c1ccc(Br)cc1. The molecular formula is C13H19BrN2O. The van der Waals surface area contributed by atoms with Gasteiger partial charge in [0.1, 0.15) is 0 Å². The zero-order chi connectivity index (χ0) is 12.7. The summed E-state index contributed by atoms with van der Waals surface area (Å²) < 4.78 is 1.06. The van der Waals surface area contributed by atoms with E-state index in [0.29, 0.717) is 6.54 Å². The highest BCUT2D eigenvalue weighted by Gasteiger charge is 2.06. The molecule has 1 atom stereocenters. The number of benzene rings is 1. The summed E-state index contributed by atoms with van der Waals surface area (Å²) in [5, 5.41) is 6.04. The van der Waals surface area contributed by atoms with Crippen LogP contribution >= 0.6 is 15.9 Å². The number of nitrogens with one attached hydrogen (secondary N) is 2. The molecule has 2 N–H and O–H groups in total. The van der Waals surface area contributed by atoms with E-state index in [9.17, 15) is 4.79 Å². The number of amides is 1. The van der Waals surface area contributed by atoms with E-state index >= 15 is 0 Å². The molecule has 0 heterocycles. The molecule has 0 radical (unpaired) electrons. The van der Waals surface area contributed by atoms with Crippen molar-refractivity contribution in [3.63, 3.8) is 0 Å². The van der Waals surface area contributed by atoms with Crippen LogP contribution in [0, 0.1) is 0 Å². The summed E-state index contributed by atoms with van der Waals surface area (Å²) in [5.74, 6) is 0.0517. The predicted octanol–water partition coefficient (Wildman–Crippen LogP) is 2.63. The van der Waals surface area contributed by atoms with Crippen LogP contribution in [0.15, 0.2) is 28.7 Å². The third-order valence-electron chi connectivity index (χ3n) is 2.51. The van der Waals surface area contributed by atoms with Crippen LogP contribution in [0.5, 0.6) is 0 Å². The quantitative estimate of drug-likeness (QED) is 0.848. The third kappa shape index (κ3) is 5.33. The van der Waals surface area contributed by atoms with Crippen LogP contribution < -0.4 is 10.6 Å². The van der Waals surface area contributed by atoms with Crippen LogP contribution in [0.3, 0.4) is 0 Å². The van der Waals surface area contributed by atoms with Gasteiger partial charge in [-0.25, -0.2) is 0 Å². The molecule has 0 aromatic heterocycles. The van der Waals surface area contributed by atoms with E-state index in [1.807, 2.05) is 31.2 Å². The first-order valence-corrected chi connectivity index (χ1v) is 6.68. The van der Waals surface area contributed by atoms with E-state index < -0.39 is 0 Å². The first-order valence-electron chi connectivity index (χ1n) is 5.89. The molecule has 0 unspecified atom stereocenters. The maximum atomic E-state index is 11.4. The lowest BCUT2D eigenvalue weighted by Crippen LogP contribution is -2.35. The normalized spacial score (nSPS) is 12.2. The van der Waals surface area contributed by atoms with E-state index in [0.717, 1.165) is 17.4 Å². The lowest BCUT2D eigenvalue weighted by Gasteiger charge is -2.14. The average molecular weight is 299 g/mol. The lowest BCUT2D eigenvalue weighted by atomic mass is 10.1. The minimum Gasteiger partial charge on any atom is -0.355 e. The maximum Gasteiger partial charge on any atom is 0.233 e. The summed E-state index contributed by atoms with van der Waals surface area (Å²) in [6.45, 7) is 5.19. The second-order valence-electron chi connectivity index (χ2n) is 4.00. The molecule has 0 spiro atoms. The van der Waals surface area contributed by atoms with E-state index in [4.69, 9.17) is 0 Å². The molecule has 4 heteroatoms. The van der Waals surface area contributed by atoms with E-state index in [-0.39, 0.29) is 11.9 Å². The highest BCUT2D eigenvalue weighted by Crippen LogP contribution is 2.16. The molecule has 0 bridgehead atoms. The predicted molar refractivity (Wildman–Crippen MR) is 73.9 cm³/mol. The van der Waals surface area contributed by atoms with Crippen LogP contribution in [0.1, 0.15) is 31.9 Å². The van der Waals surface area contributed by atoms with Gasteiger partial charge in [0.15, 0.2) is 0 Å². The fraction of sp³-hybridized carbons (Fsp3) is 0.462. The molecule has 1 rings (SSSR count). The van der Waals surface area contributed by atoms with Crippen molar-refractivity contribution in [3.05, 3.63) is 34.3 Å². The van der Waals surface area contributed by atoms with Crippen LogP contribution in [-0.4, -0.2) is 19.0 Å². The first-order chi connectivity index (χ1) is 8.13. The van der Waals surface area contributed by atoms with Gasteiger partial charge < -0.3 is 10.6 Å². The monoisotopic (exact) mass is 298 g/mol. The van der Waals surface area contributed by atoms with Crippen molar-refractivity contribution in [3.8, 4) is 0 Å². The number of halogens is 1. The molecule has 1 aromatic carbocycles. The lowest BCUT2D eigenvalue weighted by molar-refractivity contribution is -0.120. The Kier molecular flexibility index (Phi) is 6.22. The van der Waals surface area contributed by atoms with Crippen molar-refractivity contribution in [1.82, 2.24) is 10.6 Å². The maximum absolute atomic E-state index is 11.4. The van der Waals surface area contributed by atoms with Gasteiger partial charge in [-0.1, -0.05) is 35.0 Å². The fourth-order valence-corrected chi connectivity index (χ4v) is 1.71. The van der Waals surface area contributed by atoms with Crippen molar-refractivity contribution in [1.29, 1.82) is 0 Å². The number of carbonyl (C=O) groups excluding carboxylic acids is 1. The Morgan fingerprint density at radius 2 is 2.00 bits per heavy atom. The zero-order valence-electron chi connectivity index (χ0n) is 10.3. The van der Waals surface area contributed by atoms with Crippen molar-refractivity contribution in [2.45, 2.75) is 26.3 Å². The molecule has 1 aromatic rings. The molecule has 0 saturated heterocycles. The highest BCUT2D eigenvalue weighted by atomic mass is 79.9. The van der Waals surface area contributed by atoms with Gasteiger partial charge in [-0.05, 0) is 31.0 Å². The van der Waals surface area contributed by atoms with E-state index in [1.54, 1.807) is 0 Å². The Morgan fingerprint density at radius 3 is 2.59 bits per heavy atom. The molecule has 3 nitrogen and oxygen atoms in total.